The van der Waals surface area contributed by atoms with Gasteiger partial charge in [-0.2, -0.15) is 0 Å². The predicted molar refractivity (Wildman–Crippen MR) is 83.4 cm³/mol. The topological polar surface area (TPSA) is 102 Å². The SMILES string of the molecule is CC1(C)SC2C(NC(=O)NC3CCCCC3)C(=O)N2[C@H]1C(=O)[O-].[Na+]. The maximum absolute atomic E-state index is 12.3. The van der Waals surface area contributed by atoms with E-state index in [2.05, 4.69) is 10.6 Å². The summed E-state index contributed by atoms with van der Waals surface area (Å²) in [6, 6.07) is -1.79. The molecule has 2 heterocycles. The van der Waals surface area contributed by atoms with Crippen molar-refractivity contribution in [2.24, 2.45) is 0 Å². The molecular weight excluding hydrogens is 341 g/mol. The van der Waals surface area contributed by atoms with Crippen molar-refractivity contribution in [3.63, 3.8) is 0 Å². The number of nitrogens with zero attached hydrogens (tertiary/aromatic N) is 1. The number of urea groups is 1. The Kier molecular flexibility index (Phi) is 6.16. The van der Waals surface area contributed by atoms with Gasteiger partial charge in [-0.1, -0.05) is 19.3 Å². The molecule has 9 heteroatoms. The first-order valence-electron chi connectivity index (χ1n) is 8.09. The van der Waals surface area contributed by atoms with E-state index in [4.69, 9.17) is 0 Å². The Morgan fingerprint density at radius 2 is 1.83 bits per heavy atom. The van der Waals surface area contributed by atoms with Gasteiger partial charge >= 0.3 is 35.6 Å². The molecule has 3 rings (SSSR count). The van der Waals surface area contributed by atoms with E-state index in [0.29, 0.717) is 0 Å². The van der Waals surface area contributed by atoms with Crippen LogP contribution in [0.5, 0.6) is 0 Å². The van der Waals surface area contributed by atoms with Crippen LogP contribution in [0, 0.1) is 0 Å². The Labute approximate surface area is 168 Å². The minimum absolute atomic E-state index is 0. The molecule has 3 aliphatic rings. The first kappa shape index (κ1) is 19.9. The van der Waals surface area contributed by atoms with Crippen molar-refractivity contribution in [1.29, 1.82) is 0 Å². The van der Waals surface area contributed by atoms with Crippen molar-refractivity contribution < 1.29 is 49.0 Å². The number of nitrogens with one attached hydrogen (secondary N) is 2. The molecule has 0 aromatic carbocycles. The van der Waals surface area contributed by atoms with E-state index in [0.717, 1.165) is 25.7 Å². The number of aliphatic carboxylic acids is 1. The molecule has 0 aromatic heterocycles. The Morgan fingerprint density at radius 3 is 2.42 bits per heavy atom. The second kappa shape index (κ2) is 7.43. The second-order valence-electron chi connectivity index (χ2n) is 7.01. The first-order valence-corrected chi connectivity index (χ1v) is 8.97. The summed E-state index contributed by atoms with van der Waals surface area (Å²) >= 11 is 1.40. The average molecular weight is 363 g/mol. The normalized spacial score (nSPS) is 31.5. The molecule has 3 amide bonds. The summed E-state index contributed by atoms with van der Waals surface area (Å²) in [5, 5.41) is 16.6. The first-order chi connectivity index (χ1) is 10.8. The number of amides is 3. The molecule has 7 nitrogen and oxygen atoms in total. The molecule has 24 heavy (non-hydrogen) atoms. The van der Waals surface area contributed by atoms with E-state index >= 15 is 0 Å². The second-order valence-corrected chi connectivity index (χ2v) is 8.78. The summed E-state index contributed by atoms with van der Waals surface area (Å²) in [5.74, 6) is -1.59. The van der Waals surface area contributed by atoms with Gasteiger partial charge < -0.3 is 25.4 Å². The third-order valence-electron chi connectivity index (χ3n) is 4.89. The molecule has 3 fully saturated rings. The van der Waals surface area contributed by atoms with Crippen molar-refractivity contribution in [2.45, 2.75) is 74.2 Å². The summed E-state index contributed by atoms with van der Waals surface area (Å²) < 4.78 is -0.630. The fourth-order valence-electron chi connectivity index (χ4n) is 3.74. The molecular formula is C15H22N3NaO4S. The molecule has 128 valence electrons. The van der Waals surface area contributed by atoms with E-state index in [1.165, 1.54) is 23.1 Å². The van der Waals surface area contributed by atoms with E-state index in [-0.39, 0.29) is 52.9 Å². The smallest absolute Gasteiger partial charge is 0.548 e. The minimum atomic E-state index is -1.25. The number of carbonyl (C=O) groups excluding carboxylic acids is 3. The summed E-state index contributed by atoms with van der Waals surface area (Å²) in [7, 11) is 0. The molecule has 0 bridgehead atoms. The molecule has 3 atom stereocenters. The number of carboxylic acids is 1. The third kappa shape index (κ3) is 3.57. The van der Waals surface area contributed by atoms with Crippen LogP contribution in [0.4, 0.5) is 4.79 Å². The molecule has 0 radical (unpaired) electrons. The van der Waals surface area contributed by atoms with Crippen LogP contribution in [0.1, 0.15) is 46.0 Å². The zero-order valence-corrected chi connectivity index (χ0v) is 17.1. The van der Waals surface area contributed by atoms with Crippen molar-refractivity contribution in [3.8, 4) is 0 Å². The van der Waals surface area contributed by atoms with Gasteiger partial charge in [0.1, 0.15) is 11.4 Å². The van der Waals surface area contributed by atoms with Gasteiger partial charge in [-0.25, -0.2) is 4.79 Å². The van der Waals surface area contributed by atoms with Crippen molar-refractivity contribution in [2.75, 3.05) is 0 Å². The standard InChI is InChI=1S/C15H23N3O4S.Na/c1-15(2)10(13(20)21)18-11(19)9(12(18)23-15)17-14(22)16-8-6-4-3-5-7-8;/h8-10,12H,3-7H2,1-2H3,(H,20,21)(H2,16,17,22);/q;+1/p-1/t9?,10-,12?;/m0./s1. The van der Waals surface area contributed by atoms with Crippen LogP contribution in [-0.2, 0) is 9.59 Å². The summed E-state index contributed by atoms with van der Waals surface area (Å²) in [6.45, 7) is 3.56. The fourth-order valence-corrected chi connectivity index (χ4v) is 5.36. The van der Waals surface area contributed by atoms with Crippen molar-refractivity contribution in [1.82, 2.24) is 15.5 Å². The molecule has 0 aromatic rings. The van der Waals surface area contributed by atoms with Gasteiger partial charge in [0.15, 0.2) is 0 Å². The minimum Gasteiger partial charge on any atom is -0.548 e. The maximum atomic E-state index is 12.3. The number of hydrogen-bond acceptors (Lipinski definition) is 5. The molecule has 2 unspecified atom stereocenters. The molecule has 0 spiro atoms. The van der Waals surface area contributed by atoms with Gasteiger partial charge in [0.25, 0.3) is 0 Å². The molecule has 2 N–H and O–H groups in total. The molecule has 1 aliphatic carbocycles. The fraction of sp³-hybridized carbons (Fsp3) is 0.800. The van der Waals surface area contributed by atoms with Gasteiger partial charge in [-0.3, -0.25) is 4.79 Å². The van der Waals surface area contributed by atoms with Crippen molar-refractivity contribution in [3.05, 3.63) is 0 Å². The quantitative estimate of drug-likeness (QED) is 0.406. The van der Waals surface area contributed by atoms with Crippen LogP contribution in [0.2, 0.25) is 0 Å². The molecule has 2 aliphatic heterocycles. The monoisotopic (exact) mass is 363 g/mol. The summed E-state index contributed by atoms with van der Waals surface area (Å²) in [6.07, 6.45) is 5.36. The van der Waals surface area contributed by atoms with E-state index < -0.39 is 22.8 Å². The Hall–Kier alpha value is -0.440. The van der Waals surface area contributed by atoms with Crippen LogP contribution in [0.15, 0.2) is 0 Å². The zero-order valence-electron chi connectivity index (χ0n) is 14.3. The Balaban J connectivity index is 0.00000208. The number of hydrogen-bond donors (Lipinski definition) is 2. The Morgan fingerprint density at radius 1 is 1.21 bits per heavy atom. The third-order valence-corrected chi connectivity index (χ3v) is 6.46. The number of rotatable bonds is 3. The van der Waals surface area contributed by atoms with Crippen LogP contribution in [-0.4, -0.2) is 51.1 Å². The number of thioether (sulfide) groups is 1. The van der Waals surface area contributed by atoms with Gasteiger partial charge in [0.2, 0.25) is 5.91 Å². The largest absolute Gasteiger partial charge is 1.00 e. The van der Waals surface area contributed by atoms with E-state index in [9.17, 15) is 19.5 Å². The van der Waals surface area contributed by atoms with Gasteiger partial charge in [0, 0.05) is 10.8 Å². The van der Waals surface area contributed by atoms with Crippen LogP contribution >= 0.6 is 11.8 Å². The number of β-lactam (4-membered cyclic amide) rings is 1. The van der Waals surface area contributed by atoms with Crippen LogP contribution in [0.3, 0.4) is 0 Å². The Bertz CT molecular complexity index is 539. The van der Waals surface area contributed by atoms with E-state index in [1.807, 2.05) is 0 Å². The van der Waals surface area contributed by atoms with Gasteiger partial charge in [-0.05, 0) is 26.7 Å². The summed E-state index contributed by atoms with van der Waals surface area (Å²) in [4.78, 5) is 37.0. The predicted octanol–water partition coefficient (Wildman–Crippen LogP) is -3.20. The van der Waals surface area contributed by atoms with Crippen LogP contribution in [0.25, 0.3) is 0 Å². The molecule has 1 saturated carbocycles. The van der Waals surface area contributed by atoms with Gasteiger partial charge in [0.05, 0.1) is 12.0 Å². The zero-order chi connectivity index (χ0) is 16.8. The van der Waals surface area contributed by atoms with E-state index in [1.54, 1.807) is 13.8 Å². The number of fused-ring (bicyclic) bond motifs is 1. The van der Waals surface area contributed by atoms with Gasteiger partial charge in [-0.15, -0.1) is 11.8 Å². The van der Waals surface area contributed by atoms with Crippen molar-refractivity contribution >= 4 is 29.7 Å². The summed E-state index contributed by atoms with van der Waals surface area (Å²) in [5.41, 5.74) is 0. The molecule has 2 saturated heterocycles. The number of carboxylic acid groups (broad SMARTS) is 1. The average Bonchev–Trinajstić information content (AvgIpc) is 2.74. The maximum Gasteiger partial charge on any atom is 1.00 e. The van der Waals surface area contributed by atoms with Crippen LogP contribution < -0.4 is 45.3 Å². The number of carbonyl (C=O) groups is 3.